The molecule has 9 aromatic rings. The molecule has 117 heavy (non-hydrogen) atoms. The van der Waals surface area contributed by atoms with Gasteiger partial charge in [-0.2, -0.15) is 15.8 Å². The number of nitrogens with one attached hydrogen (secondary N) is 3. The zero-order chi connectivity index (χ0) is 80.6. The van der Waals surface area contributed by atoms with Gasteiger partial charge in [0.05, 0.1) is 100 Å². The fourth-order valence-corrected chi connectivity index (χ4v) is 16.3. The average molecular weight is 1600 g/mol. The van der Waals surface area contributed by atoms with E-state index in [9.17, 15) is 33.8 Å². The van der Waals surface area contributed by atoms with Crippen molar-refractivity contribution in [2.24, 2.45) is 0 Å². The first kappa shape index (κ1) is 79.9. The second kappa shape index (κ2) is 37.5. The summed E-state index contributed by atoms with van der Waals surface area (Å²) in [7, 11) is -1.55. The molecule has 3 N–H and O–H groups in total. The molecule has 0 spiro atoms. The Bertz CT molecular complexity index is 5180. The van der Waals surface area contributed by atoms with Crippen LogP contribution in [0.3, 0.4) is 0 Å². The number of carbonyl (C=O) groups excluding carboxylic acids is 2. The summed E-state index contributed by atoms with van der Waals surface area (Å²) in [6.45, 7) is 17.9. The minimum absolute atomic E-state index is 0.0392. The van der Waals surface area contributed by atoms with Gasteiger partial charge < -0.3 is 73.6 Å². The lowest BCUT2D eigenvalue weighted by molar-refractivity contribution is -0.128. The first-order chi connectivity index (χ1) is 57.1. The first-order valence-corrected chi connectivity index (χ1v) is 41.5. The molecule has 2 amide bonds. The van der Waals surface area contributed by atoms with Gasteiger partial charge in [0.15, 0.2) is 27.3 Å². The highest BCUT2D eigenvalue weighted by molar-refractivity contribution is 7.91. The summed E-state index contributed by atoms with van der Waals surface area (Å²) >= 11 is 0. The SMILES string of the molecule is CC(=O)N1CC[C@@H](Oc2ccc(-c3nccc(Nc4ccc(N5CCN(C6COC6)CC5)cc4)n3)cc2C#N)C1.COC(=O)N1CC[C@@H](Oc2ccc(-c3nccc(Nc4ccc(N5CCN(C6COC6)CC5)cc4)n3)cc2C#N)C1.N#Cc1cc(-c2nccc(Nc3ccc(N4CCS(=O)(=O)CC4)cc3)n2)ccc1OC1CCOCC1. The summed E-state index contributed by atoms with van der Waals surface area (Å²) in [5, 5.41) is 39.2. The molecule has 0 aliphatic carbocycles. The molecule has 8 saturated heterocycles. The number of hydrogen-bond acceptors (Lipinski definition) is 28. The number of piperazine rings is 2. The van der Waals surface area contributed by atoms with Gasteiger partial charge in [-0.05, 0) is 146 Å². The Morgan fingerprint density at radius 3 is 1.14 bits per heavy atom. The Labute approximate surface area is 680 Å². The van der Waals surface area contributed by atoms with Crippen LogP contribution in [0.5, 0.6) is 17.2 Å². The van der Waals surface area contributed by atoms with Gasteiger partial charge in [0.25, 0.3) is 0 Å². The number of anilines is 9. The molecule has 0 bridgehead atoms. The number of methoxy groups -OCH3 is 1. The lowest BCUT2D eigenvalue weighted by Crippen LogP contribution is -2.56. The minimum Gasteiger partial charge on any atom is -0.489 e. The molecule has 17 rings (SSSR count). The zero-order valence-corrected chi connectivity index (χ0v) is 66.2. The van der Waals surface area contributed by atoms with Crippen LogP contribution in [-0.4, -0.2) is 250 Å². The predicted octanol–water partition coefficient (Wildman–Crippen LogP) is 10.3. The van der Waals surface area contributed by atoms with E-state index in [-0.39, 0.29) is 41.8 Å². The van der Waals surface area contributed by atoms with E-state index in [2.05, 4.69) is 137 Å². The molecule has 8 aliphatic rings. The normalized spacial score (nSPS) is 19.0. The highest BCUT2D eigenvalue weighted by atomic mass is 32.2. The number of aromatic nitrogens is 6. The van der Waals surface area contributed by atoms with Crippen molar-refractivity contribution in [1.29, 1.82) is 15.8 Å². The third-order valence-electron chi connectivity index (χ3n) is 22.0. The zero-order valence-electron chi connectivity index (χ0n) is 65.4. The monoisotopic (exact) mass is 1600 g/mol. The van der Waals surface area contributed by atoms with Crippen molar-refractivity contribution in [1.82, 2.24) is 49.5 Å². The third kappa shape index (κ3) is 20.5. The molecule has 0 radical (unpaired) electrons. The summed E-state index contributed by atoms with van der Waals surface area (Å²) < 4.78 is 62.4. The molecule has 3 aromatic heterocycles. The fourth-order valence-electron chi connectivity index (χ4n) is 15.1. The number of nitrogens with zero attached hydrogens (tertiary/aromatic N) is 16. The van der Waals surface area contributed by atoms with Crippen molar-refractivity contribution in [3.8, 4) is 69.6 Å². The van der Waals surface area contributed by atoms with E-state index >= 15 is 0 Å². The maximum atomic E-state index is 11.8. The Balaban J connectivity index is 0.000000138. The van der Waals surface area contributed by atoms with Crippen LogP contribution in [0, 0.1) is 34.0 Å². The fraction of sp³-hybridized carbons (Fsp3) is 0.384. The summed E-state index contributed by atoms with van der Waals surface area (Å²) in [5.74, 6) is 5.43. The highest BCUT2D eigenvalue weighted by Gasteiger charge is 2.33. The number of likely N-dealkylation sites (tertiary alicyclic amines) is 2. The molecule has 8 fully saturated rings. The smallest absolute Gasteiger partial charge is 0.409 e. The van der Waals surface area contributed by atoms with Gasteiger partial charge in [0.2, 0.25) is 5.91 Å². The van der Waals surface area contributed by atoms with Gasteiger partial charge >= 0.3 is 6.09 Å². The van der Waals surface area contributed by atoms with Crippen LogP contribution in [0.2, 0.25) is 0 Å². The molecule has 604 valence electrons. The Kier molecular flexibility index (Phi) is 25.7. The van der Waals surface area contributed by atoms with E-state index in [1.807, 2.05) is 54.6 Å². The predicted molar refractivity (Wildman–Crippen MR) is 442 cm³/mol. The number of amides is 2. The largest absolute Gasteiger partial charge is 0.489 e. The van der Waals surface area contributed by atoms with Gasteiger partial charge in [0.1, 0.15) is 71.2 Å². The van der Waals surface area contributed by atoms with Crippen molar-refractivity contribution < 1.29 is 51.2 Å². The second-order valence-electron chi connectivity index (χ2n) is 29.7. The summed E-state index contributed by atoms with van der Waals surface area (Å²) in [6.07, 6.45) is 7.47. The van der Waals surface area contributed by atoms with Gasteiger partial charge in [0, 0.05) is 181 Å². The van der Waals surface area contributed by atoms with Gasteiger partial charge in [-0.3, -0.25) is 14.6 Å². The topological polar surface area (TPSA) is 340 Å². The van der Waals surface area contributed by atoms with Crippen LogP contribution in [0.15, 0.2) is 164 Å². The van der Waals surface area contributed by atoms with Gasteiger partial charge in [-0.1, -0.05) is 0 Å². The van der Waals surface area contributed by atoms with E-state index in [1.54, 1.807) is 77.8 Å². The Morgan fingerprint density at radius 2 is 0.795 bits per heavy atom. The summed E-state index contributed by atoms with van der Waals surface area (Å²) in [4.78, 5) is 66.0. The molecule has 0 saturated carbocycles. The minimum atomic E-state index is -2.91. The number of carbonyl (C=O) groups is 2. The van der Waals surface area contributed by atoms with Crippen molar-refractivity contribution in [2.45, 2.75) is 63.0 Å². The standard InChI is InChI=1S/C30H33N7O4.C30H33N7O3.C26H27N5O4S/c1-39-30(38)37-11-9-26(18-37)41-27-7-2-21(16-22(27)17-31)29-32-10-8-28(34-29)33-23-3-5-24(6-4-23)35-12-14-36(15-13-35)25-19-40-20-25;1-21(38)37-11-9-27(18-37)40-28-7-2-22(16-23(28)17-31)30-32-10-8-29(34-30)33-24-3-5-25(6-4-24)35-12-14-36(15-13-35)26-19-39-20-26;27-18-20-17-19(1-6-24(20)35-23-8-13-34-14-9-23)26-28-10-7-25(30-26)29-21-2-4-22(5-3-21)31-11-15-36(32,33)16-12-31/h2-8,10,16,25-26H,9,11-15,18-20H2,1H3,(H,32,33,34);2-8,10,16,26-27H,9,11-15,18-20H2,1H3,(H,32,33,34);1-7,10,17,23H,8-9,11-16H2,(H,28,29,30)/t26-;27-;/m11./s1. The number of benzene rings is 6. The summed E-state index contributed by atoms with van der Waals surface area (Å²) in [5.41, 5.74) is 9.57. The van der Waals surface area contributed by atoms with E-state index in [1.165, 1.54) is 18.5 Å². The van der Waals surface area contributed by atoms with Crippen molar-refractivity contribution in [3.63, 3.8) is 0 Å². The summed E-state index contributed by atoms with van der Waals surface area (Å²) in [6, 6.07) is 54.1. The van der Waals surface area contributed by atoms with Gasteiger partial charge in [-0.15, -0.1) is 0 Å². The molecule has 0 unspecified atom stereocenters. The lowest BCUT2D eigenvalue weighted by atomic mass is 10.1. The van der Waals surface area contributed by atoms with E-state index in [4.69, 9.17) is 33.2 Å². The molecule has 31 heteroatoms. The molecule has 11 heterocycles. The first-order valence-electron chi connectivity index (χ1n) is 39.6. The van der Waals surface area contributed by atoms with Crippen molar-refractivity contribution >= 4 is 73.4 Å². The van der Waals surface area contributed by atoms with E-state index in [0.29, 0.717) is 145 Å². The molecule has 8 aliphatic heterocycles. The number of sulfone groups is 1. The third-order valence-corrected chi connectivity index (χ3v) is 23.6. The van der Waals surface area contributed by atoms with Crippen molar-refractivity contribution in [2.75, 3.05) is 181 Å². The highest BCUT2D eigenvalue weighted by Crippen LogP contribution is 2.34. The molecule has 6 aromatic carbocycles. The molecular weight excluding hydrogens is 1510 g/mol. The number of ether oxygens (including phenoxy) is 7. The van der Waals surface area contributed by atoms with Gasteiger partial charge in [-0.25, -0.2) is 43.1 Å². The van der Waals surface area contributed by atoms with Crippen LogP contribution in [0.1, 0.15) is 49.3 Å². The molecular formula is C86H93N19O11S. The maximum absolute atomic E-state index is 11.8. The van der Waals surface area contributed by atoms with Crippen LogP contribution < -0.4 is 44.9 Å². The average Bonchev–Trinajstić information content (AvgIpc) is 1.47. The lowest BCUT2D eigenvalue weighted by Gasteiger charge is -2.43. The Hall–Kier alpha value is -12.3. The quantitative estimate of drug-likeness (QED) is 0.0638. The molecule has 2 atom stereocenters. The van der Waals surface area contributed by atoms with Crippen LogP contribution in [0.25, 0.3) is 34.2 Å². The second-order valence-corrected chi connectivity index (χ2v) is 32.0. The van der Waals surface area contributed by atoms with Crippen LogP contribution >= 0.6 is 0 Å². The number of hydrogen-bond donors (Lipinski definition) is 3. The van der Waals surface area contributed by atoms with Crippen LogP contribution in [0.4, 0.5) is 56.4 Å². The number of rotatable bonds is 20. The molecule has 30 nitrogen and oxygen atoms in total. The van der Waals surface area contributed by atoms with E-state index in [0.717, 1.165) is 132 Å². The Morgan fingerprint density at radius 1 is 0.436 bits per heavy atom. The number of nitriles is 3. The maximum Gasteiger partial charge on any atom is 0.409 e. The van der Waals surface area contributed by atoms with Crippen molar-refractivity contribution in [3.05, 3.63) is 181 Å². The van der Waals surface area contributed by atoms with Crippen LogP contribution in [-0.2, 0) is 33.6 Å². The van der Waals surface area contributed by atoms with E-state index < -0.39 is 9.84 Å².